The Labute approximate surface area is 182 Å². The van der Waals surface area contributed by atoms with Crippen LogP contribution in [0.4, 0.5) is 5.69 Å². The maximum atomic E-state index is 13.6. The number of hydrogen-bond donors (Lipinski definition) is 1. The van der Waals surface area contributed by atoms with Gasteiger partial charge in [0, 0.05) is 34.9 Å². The fourth-order valence-electron chi connectivity index (χ4n) is 5.25. The van der Waals surface area contributed by atoms with Gasteiger partial charge < -0.3 is 14.8 Å². The van der Waals surface area contributed by atoms with Crippen LogP contribution in [0.25, 0.3) is 10.8 Å². The van der Waals surface area contributed by atoms with Crippen molar-refractivity contribution in [3.63, 3.8) is 0 Å². The van der Waals surface area contributed by atoms with Gasteiger partial charge in [-0.3, -0.25) is 4.79 Å². The van der Waals surface area contributed by atoms with Crippen LogP contribution in [0.3, 0.4) is 0 Å². The number of hydrogen-bond acceptors (Lipinski definition) is 4. The Bertz CT molecular complexity index is 1240. The van der Waals surface area contributed by atoms with Gasteiger partial charge in [-0.05, 0) is 40.3 Å². The maximum absolute atomic E-state index is 13.6. The summed E-state index contributed by atoms with van der Waals surface area (Å²) in [7, 11) is 3.31. The van der Waals surface area contributed by atoms with E-state index < -0.39 is 0 Å². The first-order chi connectivity index (χ1) is 14.9. The molecule has 1 aliphatic carbocycles. The van der Waals surface area contributed by atoms with Crippen LogP contribution in [0.15, 0.2) is 65.9 Å². The SMILES string of the molecule is COc1cccc([C@@H]2C3=C(CC(C)(C)CC3=O)Nc3ccc4ccccc4c32)c1OC. The molecule has 2 aliphatic rings. The number of ketones is 1. The van der Waals surface area contributed by atoms with Crippen LogP contribution >= 0.6 is 0 Å². The Morgan fingerprint density at radius 2 is 1.74 bits per heavy atom. The number of rotatable bonds is 3. The molecule has 1 heterocycles. The number of para-hydroxylation sites is 1. The van der Waals surface area contributed by atoms with Gasteiger partial charge in [-0.2, -0.15) is 0 Å². The molecule has 5 rings (SSSR count). The van der Waals surface area contributed by atoms with E-state index in [4.69, 9.17) is 9.47 Å². The van der Waals surface area contributed by atoms with Crippen molar-refractivity contribution in [1.29, 1.82) is 0 Å². The molecule has 1 N–H and O–H groups in total. The number of benzene rings is 3. The van der Waals surface area contributed by atoms with Gasteiger partial charge in [0.15, 0.2) is 17.3 Å². The highest BCUT2D eigenvalue weighted by molar-refractivity contribution is 6.04. The van der Waals surface area contributed by atoms with Crippen LogP contribution in [0.5, 0.6) is 11.5 Å². The summed E-state index contributed by atoms with van der Waals surface area (Å²) in [6.45, 7) is 4.32. The van der Waals surface area contributed by atoms with E-state index in [0.29, 0.717) is 17.9 Å². The minimum absolute atomic E-state index is 0.0692. The number of anilines is 1. The van der Waals surface area contributed by atoms with Crippen molar-refractivity contribution in [1.82, 2.24) is 0 Å². The van der Waals surface area contributed by atoms with Crippen molar-refractivity contribution in [2.24, 2.45) is 5.41 Å². The third kappa shape index (κ3) is 3.09. The lowest BCUT2D eigenvalue weighted by atomic mass is 9.68. The van der Waals surface area contributed by atoms with E-state index in [1.54, 1.807) is 14.2 Å². The Hall–Kier alpha value is -3.27. The van der Waals surface area contributed by atoms with E-state index >= 15 is 0 Å². The molecule has 3 aromatic carbocycles. The van der Waals surface area contributed by atoms with E-state index in [1.807, 2.05) is 18.2 Å². The lowest BCUT2D eigenvalue weighted by Gasteiger charge is -2.40. The first-order valence-electron chi connectivity index (χ1n) is 10.7. The lowest BCUT2D eigenvalue weighted by Crippen LogP contribution is -2.34. The molecule has 4 heteroatoms. The average Bonchev–Trinajstić information content (AvgIpc) is 2.76. The monoisotopic (exact) mass is 413 g/mol. The first-order valence-corrected chi connectivity index (χ1v) is 10.7. The first kappa shape index (κ1) is 19.7. The topological polar surface area (TPSA) is 47.6 Å². The zero-order valence-electron chi connectivity index (χ0n) is 18.4. The highest BCUT2D eigenvalue weighted by atomic mass is 16.5. The molecular formula is C27H27NO3. The molecule has 0 bridgehead atoms. The molecular weight excluding hydrogens is 386 g/mol. The van der Waals surface area contributed by atoms with Crippen molar-refractivity contribution in [3.8, 4) is 11.5 Å². The molecule has 0 fully saturated rings. The van der Waals surface area contributed by atoms with Crippen LogP contribution in [0.2, 0.25) is 0 Å². The van der Waals surface area contributed by atoms with Crippen molar-refractivity contribution >= 4 is 22.2 Å². The Morgan fingerprint density at radius 3 is 2.52 bits per heavy atom. The zero-order chi connectivity index (χ0) is 21.8. The maximum Gasteiger partial charge on any atom is 0.164 e. The normalized spacial score (nSPS) is 19.5. The second-order valence-electron chi connectivity index (χ2n) is 9.22. The fraction of sp³-hybridized carbons (Fsp3) is 0.296. The van der Waals surface area contributed by atoms with Crippen molar-refractivity contribution in [2.45, 2.75) is 32.6 Å². The number of nitrogens with one attached hydrogen (secondary N) is 1. The summed E-state index contributed by atoms with van der Waals surface area (Å²) in [4.78, 5) is 13.6. The Morgan fingerprint density at radius 1 is 0.935 bits per heavy atom. The predicted molar refractivity (Wildman–Crippen MR) is 124 cm³/mol. The molecule has 4 nitrogen and oxygen atoms in total. The minimum atomic E-state index is -0.217. The van der Waals surface area contributed by atoms with Crippen molar-refractivity contribution < 1.29 is 14.3 Å². The summed E-state index contributed by atoms with van der Waals surface area (Å²) in [6, 6.07) is 18.6. The summed E-state index contributed by atoms with van der Waals surface area (Å²) in [5, 5.41) is 5.93. The molecule has 0 amide bonds. The molecule has 0 saturated carbocycles. The second kappa shape index (κ2) is 7.16. The van der Waals surface area contributed by atoms with Crippen LogP contribution in [0, 0.1) is 5.41 Å². The zero-order valence-corrected chi connectivity index (χ0v) is 18.4. The minimum Gasteiger partial charge on any atom is -0.493 e. The number of methoxy groups -OCH3 is 2. The summed E-state index contributed by atoms with van der Waals surface area (Å²) >= 11 is 0. The predicted octanol–water partition coefficient (Wildman–Crippen LogP) is 6.06. The number of Topliss-reactive ketones (excluding diaryl/α,β-unsaturated/α-hetero) is 1. The standard InChI is InChI=1S/C27H27NO3/c1-27(2)14-20-25(21(29)15-27)24(18-10-7-11-22(30-3)26(18)31-4)23-17-9-6-5-8-16(17)12-13-19(23)28-20/h5-13,24,28H,14-15H2,1-4H3/t24-/m0/s1. The smallest absolute Gasteiger partial charge is 0.164 e. The van der Waals surface area contributed by atoms with Gasteiger partial charge in [-0.1, -0.05) is 56.3 Å². The number of carbonyl (C=O) groups excluding carboxylic acids is 1. The summed E-state index contributed by atoms with van der Waals surface area (Å²) < 4.78 is 11.4. The van der Waals surface area contributed by atoms with Gasteiger partial charge in [-0.15, -0.1) is 0 Å². The molecule has 0 saturated heterocycles. The summed E-state index contributed by atoms with van der Waals surface area (Å²) in [5.74, 6) is 1.34. The van der Waals surface area contributed by atoms with E-state index in [1.165, 1.54) is 0 Å². The molecule has 3 aromatic rings. The molecule has 1 atom stereocenters. The lowest BCUT2D eigenvalue weighted by molar-refractivity contribution is -0.118. The van der Waals surface area contributed by atoms with Gasteiger partial charge >= 0.3 is 0 Å². The fourth-order valence-corrected chi connectivity index (χ4v) is 5.25. The van der Waals surface area contributed by atoms with Gasteiger partial charge in [0.2, 0.25) is 0 Å². The molecule has 0 unspecified atom stereocenters. The molecule has 31 heavy (non-hydrogen) atoms. The third-order valence-corrected chi connectivity index (χ3v) is 6.50. The average molecular weight is 414 g/mol. The van der Waals surface area contributed by atoms with Gasteiger partial charge in [0.05, 0.1) is 14.2 Å². The molecule has 1 aliphatic heterocycles. The summed E-state index contributed by atoms with van der Waals surface area (Å²) in [5.41, 5.74) is 4.95. The van der Waals surface area contributed by atoms with Crippen LogP contribution < -0.4 is 14.8 Å². The summed E-state index contributed by atoms with van der Waals surface area (Å²) in [6.07, 6.45) is 1.37. The van der Waals surface area contributed by atoms with Crippen LogP contribution in [-0.2, 0) is 4.79 Å². The van der Waals surface area contributed by atoms with Crippen LogP contribution in [-0.4, -0.2) is 20.0 Å². The van der Waals surface area contributed by atoms with E-state index in [2.05, 4.69) is 55.6 Å². The number of allylic oxidation sites excluding steroid dienone is 2. The number of carbonyl (C=O) groups is 1. The Balaban J connectivity index is 1.85. The molecule has 0 aromatic heterocycles. The van der Waals surface area contributed by atoms with Gasteiger partial charge in [-0.25, -0.2) is 0 Å². The van der Waals surface area contributed by atoms with Crippen molar-refractivity contribution in [3.05, 3.63) is 77.0 Å². The van der Waals surface area contributed by atoms with E-state index in [9.17, 15) is 4.79 Å². The third-order valence-electron chi connectivity index (χ3n) is 6.50. The van der Waals surface area contributed by atoms with E-state index in [0.717, 1.165) is 45.3 Å². The largest absolute Gasteiger partial charge is 0.493 e. The highest BCUT2D eigenvalue weighted by Crippen LogP contribution is 2.53. The van der Waals surface area contributed by atoms with Gasteiger partial charge in [0.1, 0.15) is 0 Å². The molecule has 0 spiro atoms. The molecule has 0 radical (unpaired) electrons. The van der Waals surface area contributed by atoms with Crippen molar-refractivity contribution in [2.75, 3.05) is 19.5 Å². The highest BCUT2D eigenvalue weighted by Gasteiger charge is 2.42. The quantitative estimate of drug-likeness (QED) is 0.567. The number of fused-ring (bicyclic) bond motifs is 3. The van der Waals surface area contributed by atoms with Gasteiger partial charge in [0.25, 0.3) is 0 Å². The second-order valence-corrected chi connectivity index (χ2v) is 9.22. The van der Waals surface area contributed by atoms with Crippen LogP contribution in [0.1, 0.15) is 43.7 Å². The van der Waals surface area contributed by atoms with E-state index in [-0.39, 0.29) is 17.1 Å². The number of ether oxygens (including phenoxy) is 2. The Kier molecular flexibility index (Phi) is 4.54. The molecule has 158 valence electrons.